The molecule has 1 heterocycles. The molecule has 0 aliphatic carbocycles. The summed E-state index contributed by atoms with van der Waals surface area (Å²) in [5, 5.41) is 0. The Kier molecular flexibility index (Phi) is 4.60. The number of carbonyl (C=O) groups excluding carboxylic acids is 2. The summed E-state index contributed by atoms with van der Waals surface area (Å²) in [7, 11) is 0. The van der Waals surface area contributed by atoms with Crippen LogP contribution in [0.2, 0.25) is 0 Å². The second-order valence-electron chi connectivity index (χ2n) is 3.16. The molecule has 1 rings (SSSR count). The monoisotopic (exact) mass is 210 g/mol. The zero-order valence-corrected chi connectivity index (χ0v) is 8.53. The van der Waals surface area contributed by atoms with Gasteiger partial charge in [-0.2, -0.15) is 0 Å². The first-order chi connectivity index (χ1) is 7.24. The summed E-state index contributed by atoms with van der Waals surface area (Å²) in [5.74, 6) is -0.632. The largest absolute Gasteiger partial charge is 0.463 e. The highest BCUT2D eigenvalue weighted by atomic mass is 16.5. The van der Waals surface area contributed by atoms with Gasteiger partial charge >= 0.3 is 11.9 Å². The molecule has 0 unspecified atom stereocenters. The predicted molar refractivity (Wildman–Crippen MR) is 54.0 cm³/mol. The summed E-state index contributed by atoms with van der Waals surface area (Å²) >= 11 is 0. The molecule has 0 N–H and O–H groups in total. The van der Waals surface area contributed by atoms with Crippen molar-refractivity contribution in [1.82, 2.24) is 0 Å². The molecule has 0 aromatic carbocycles. The van der Waals surface area contributed by atoms with Crippen LogP contribution in [0.5, 0.6) is 0 Å². The molecule has 82 valence electrons. The molecule has 0 atom stereocenters. The lowest BCUT2D eigenvalue weighted by molar-refractivity contribution is -0.138. The van der Waals surface area contributed by atoms with Crippen LogP contribution in [0.15, 0.2) is 24.3 Å². The SMILES string of the molecule is C=CC(=O)OCCCCC1=CCOC1=O. The van der Waals surface area contributed by atoms with E-state index >= 15 is 0 Å². The number of hydrogen-bond acceptors (Lipinski definition) is 4. The van der Waals surface area contributed by atoms with E-state index in [1.54, 1.807) is 6.08 Å². The van der Waals surface area contributed by atoms with E-state index in [1.165, 1.54) is 0 Å². The van der Waals surface area contributed by atoms with Crippen LogP contribution < -0.4 is 0 Å². The lowest BCUT2D eigenvalue weighted by Gasteiger charge is -2.01. The molecule has 0 radical (unpaired) electrons. The fraction of sp³-hybridized carbons (Fsp3) is 0.455. The number of esters is 2. The van der Waals surface area contributed by atoms with Crippen molar-refractivity contribution in [2.75, 3.05) is 13.2 Å². The van der Waals surface area contributed by atoms with Crippen LogP contribution in [-0.2, 0) is 19.1 Å². The summed E-state index contributed by atoms with van der Waals surface area (Å²) in [6.45, 7) is 4.04. The summed E-state index contributed by atoms with van der Waals surface area (Å²) < 4.78 is 9.54. The lowest BCUT2D eigenvalue weighted by Crippen LogP contribution is -2.03. The van der Waals surface area contributed by atoms with E-state index in [0.29, 0.717) is 19.6 Å². The van der Waals surface area contributed by atoms with Crippen LogP contribution in [0.25, 0.3) is 0 Å². The van der Waals surface area contributed by atoms with E-state index in [4.69, 9.17) is 9.47 Å². The first-order valence-corrected chi connectivity index (χ1v) is 4.89. The van der Waals surface area contributed by atoms with Gasteiger partial charge in [-0.15, -0.1) is 0 Å². The minimum atomic E-state index is -0.408. The third kappa shape index (κ3) is 3.97. The van der Waals surface area contributed by atoms with Gasteiger partial charge in [0.05, 0.1) is 6.61 Å². The average Bonchev–Trinajstić information content (AvgIpc) is 2.63. The number of ether oxygens (including phenoxy) is 2. The quantitative estimate of drug-likeness (QED) is 0.377. The van der Waals surface area contributed by atoms with E-state index < -0.39 is 5.97 Å². The Balaban J connectivity index is 2.04. The Hall–Kier alpha value is -1.58. The molecule has 4 nitrogen and oxygen atoms in total. The van der Waals surface area contributed by atoms with Crippen LogP contribution in [-0.4, -0.2) is 25.2 Å². The predicted octanol–water partition coefficient (Wildman–Crippen LogP) is 1.37. The zero-order chi connectivity index (χ0) is 11.1. The molecular formula is C11H14O4. The molecule has 0 aromatic heterocycles. The molecule has 0 amide bonds. The summed E-state index contributed by atoms with van der Waals surface area (Å²) in [5.41, 5.74) is 0.727. The normalized spacial score (nSPS) is 14.4. The highest BCUT2D eigenvalue weighted by Crippen LogP contribution is 2.14. The molecule has 4 heteroatoms. The van der Waals surface area contributed by atoms with Crippen molar-refractivity contribution in [3.8, 4) is 0 Å². The number of carbonyl (C=O) groups is 2. The highest BCUT2D eigenvalue weighted by molar-refractivity contribution is 5.90. The molecular weight excluding hydrogens is 196 g/mol. The Bertz CT molecular complexity index is 291. The molecule has 15 heavy (non-hydrogen) atoms. The second kappa shape index (κ2) is 6.01. The van der Waals surface area contributed by atoms with Crippen molar-refractivity contribution in [2.24, 2.45) is 0 Å². The summed E-state index contributed by atoms with van der Waals surface area (Å²) in [6, 6.07) is 0. The Labute approximate surface area is 88.6 Å². The third-order valence-corrected chi connectivity index (χ3v) is 2.06. The van der Waals surface area contributed by atoms with Gasteiger partial charge in [-0.05, 0) is 25.3 Å². The van der Waals surface area contributed by atoms with E-state index in [-0.39, 0.29) is 5.97 Å². The number of cyclic esters (lactones) is 1. The van der Waals surface area contributed by atoms with Crippen LogP contribution in [0.1, 0.15) is 19.3 Å². The number of rotatable bonds is 6. The van der Waals surface area contributed by atoms with Gasteiger partial charge in [0, 0.05) is 11.6 Å². The molecule has 0 fully saturated rings. The van der Waals surface area contributed by atoms with Gasteiger partial charge in [-0.25, -0.2) is 9.59 Å². The Morgan fingerprint density at radius 1 is 1.60 bits per heavy atom. The average molecular weight is 210 g/mol. The van der Waals surface area contributed by atoms with E-state index in [2.05, 4.69) is 6.58 Å². The minimum absolute atomic E-state index is 0.224. The lowest BCUT2D eigenvalue weighted by atomic mass is 10.1. The Morgan fingerprint density at radius 2 is 2.40 bits per heavy atom. The topological polar surface area (TPSA) is 52.6 Å². The van der Waals surface area contributed by atoms with Gasteiger partial charge in [0.2, 0.25) is 0 Å². The van der Waals surface area contributed by atoms with Crippen LogP contribution in [0.3, 0.4) is 0 Å². The van der Waals surface area contributed by atoms with E-state index in [9.17, 15) is 9.59 Å². The van der Waals surface area contributed by atoms with Crippen LogP contribution >= 0.6 is 0 Å². The maximum atomic E-state index is 11.0. The second-order valence-corrected chi connectivity index (χ2v) is 3.16. The van der Waals surface area contributed by atoms with Crippen molar-refractivity contribution in [3.05, 3.63) is 24.3 Å². The van der Waals surface area contributed by atoms with Gasteiger partial charge in [-0.3, -0.25) is 0 Å². The maximum absolute atomic E-state index is 11.0. The van der Waals surface area contributed by atoms with Crippen LogP contribution in [0.4, 0.5) is 0 Å². The molecule has 1 aliphatic rings. The smallest absolute Gasteiger partial charge is 0.334 e. The third-order valence-electron chi connectivity index (χ3n) is 2.06. The van der Waals surface area contributed by atoms with Crippen molar-refractivity contribution in [1.29, 1.82) is 0 Å². The summed E-state index contributed by atoms with van der Waals surface area (Å²) in [4.78, 5) is 21.7. The van der Waals surface area contributed by atoms with Crippen molar-refractivity contribution in [3.63, 3.8) is 0 Å². The maximum Gasteiger partial charge on any atom is 0.334 e. The van der Waals surface area contributed by atoms with Gasteiger partial charge < -0.3 is 9.47 Å². The standard InChI is InChI=1S/C11H14O4/c1-2-10(12)14-7-4-3-5-9-6-8-15-11(9)13/h2,6H,1,3-5,7-8H2. The molecule has 1 aliphatic heterocycles. The Morgan fingerprint density at radius 3 is 3.00 bits per heavy atom. The summed E-state index contributed by atoms with van der Waals surface area (Å²) in [6.07, 6.45) is 5.16. The van der Waals surface area contributed by atoms with E-state index in [1.807, 2.05) is 0 Å². The fourth-order valence-corrected chi connectivity index (χ4v) is 1.25. The fourth-order valence-electron chi connectivity index (χ4n) is 1.25. The number of hydrogen-bond donors (Lipinski definition) is 0. The molecule has 0 saturated heterocycles. The first-order valence-electron chi connectivity index (χ1n) is 4.89. The van der Waals surface area contributed by atoms with Gasteiger partial charge in [0.15, 0.2) is 0 Å². The molecule has 0 bridgehead atoms. The van der Waals surface area contributed by atoms with Crippen LogP contribution in [0, 0.1) is 0 Å². The molecule has 0 spiro atoms. The highest BCUT2D eigenvalue weighted by Gasteiger charge is 2.15. The van der Waals surface area contributed by atoms with E-state index in [0.717, 1.165) is 24.5 Å². The molecule has 0 saturated carbocycles. The van der Waals surface area contributed by atoms with Gasteiger partial charge in [-0.1, -0.05) is 6.58 Å². The van der Waals surface area contributed by atoms with Crippen molar-refractivity contribution < 1.29 is 19.1 Å². The number of unbranched alkanes of at least 4 members (excludes halogenated alkanes) is 1. The minimum Gasteiger partial charge on any atom is -0.463 e. The van der Waals surface area contributed by atoms with Crippen molar-refractivity contribution in [2.45, 2.75) is 19.3 Å². The van der Waals surface area contributed by atoms with Gasteiger partial charge in [0.1, 0.15) is 6.61 Å². The zero-order valence-electron chi connectivity index (χ0n) is 8.53. The first kappa shape index (κ1) is 11.5. The van der Waals surface area contributed by atoms with Gasteiger partial charge in [0.25, 0.3) is 0 Å². The van der Waals surface area contributed by atoms with Crippen molar-refractivity contribution >= 4 is 11.9 Å². The molecule has 0 aromatic rings.